The molecule has 0 aromatic carbocycles. The Morgan fingerprint density at radius 1 is 1.10 bits per heavy atom. The van der Waals surface area contributed by atoms with Crippen molar-refractivity contribution >= 4 is 17.8 Å². The standard InChI is InChI=1S/C15H28N2O4/c1-5-17(6-2)14(19)9-7-8-13(18)16-12(15(20)21)10-11(3)4/h11-12H,5-10H2,1-4H3,(H,16,18)(H,20,21)/t12-/m1/s1. The van der Waals surface area contributed by atoms with Gasteiger partial charge in [0.05, 0.1) is 0 Å². The number of aliphatic carboxylic acids is 1. The summed E-state index contributed by atoms with van der Waals surface area (Å²) in [6.45, 7) is 8.97. The summed E-state index contributed by atoms with van der Waals surface area (Å²) in [5.41, 5.74) is 0. The Hall–Kier alpha value is -1.59. The Bertz CT molecular complexity index is 352. The number of hydrogen-bond acceptors (Lipinski definition) is 3. The molecule has 0 heterocycles. The van der Waals surface area contributed by atoms with Gasteiger partial charge in [0.2, 0.25) is 11.8 Å². The first-order valence-electron chi connectivity index (χ1n) is 7.61. The highest BCUT2D eigenvalue weighted by atomic mass is 16.4. The molecule has 6 heteroatoms. The Labute approximate surface area is 126 Å². The van der Waals surface area contributed by atoms with Gasteiger partial charge < -0.3 is 15.3 Å². The molecule has 0 radical (unpaired) electrons. The fourth-order valence-corrected chi connectivity index (χ4v) is 2.09. The molecule has 0 unspecified atom stereocenters. The lowest BCUT2D eigenvalue weighted by atomic mass is 10.0. The van der Waals surface area contributed by atoms with Crippen molar-refractivity contribution in [3.05, 3.63) is 0 Å². The fraction of sp³-hybridized carbons (Fsp3) is 0.800. The minimum atomic E-state index is -1.02. The van der Waals surface area contributed by atoms with Crippen molar-refractivity contribution in [2.24, 2.45) is 5.92 Å². The maximum Gasteiger partial charge on any atom is 0.326 e. The first-order chi connectivity index (χ1) is 9.81. The van der Waals surface area contributed by atoms with E-state index in [1.807, 2.05) is 27.7 Å². The minimum absolute atomic E-state index is 0.0322. The van der Waals surface area contributed by atoms with Crippen molar-refractivity contribution in [2.45, 2.75) is 59.4 Å². The summed E-state index contributed by atoms with van der Waals surface area (Å²) in [4.78, 5) is 36.3. The number of amides is 2. The average Bonchev–Trinajstić information content (AvgIpc) is 2.38. The van der Waals surface area contributed by atoms with Crippen molar-refractivity contribution in [1.82, 2.24) is 10.2 Å². The van der Waals surface area contributed by atoms with E-state index in [-0.39, 0.29) is 24.2 Å². The number of carbonyl (C=O) groups excluding carboxylic acids is 2. The third kappa shape index (κ3) is 8.32. The third-order valence-corrected chi connectivity index (χ3v) is 3.25. The van der Waals surface area contributed by atoms with Gasteiger partial charge in [-0.1, -0.05) is 13.8 Å². The number of hydrogen-bond donors (Lipinski definition) is 2. The van der Waals surface area contributed by atoms with Crippen molar-refractivity contribution in [3.63, 3.8) is 0 Å². The smallest absolute Gasteiger partial charge is 0.326 e. The molecule has 1 atom stereocenters. The molecule has 2 amide bonds. The van der Waals surface area contributed by atoms with Gasteiger partial charge in [-0.05, 0) is 32.6 Å². The molecule has 21 heavy (non-hydrogen) atoms. The second-order valence-corrected chi connectivity index (χ2v) is 5.51. The lowest BCUT2D eigenvalue weighted by Gasteiger charge is -2.19. The quantitative estimate of drug-likeness (QED) is 0.642. The van der Waals surface area contributed by atoms with Crippen LogP contribution in [0.1, 0.15) is 53.4 Å². The Balaban J connectivity index is 4.14. The van der Waals surface area contributed by atoms with E-state index in [2.05, 4.69) is 5.32 Å². The lowest BCUT2D eigenvalue weighted by molar-refractivity contribution is -0.142. The van der Waals surface area contributed by atoms with E-state index in [4.69, 9.17) is 5.11 Å². The van der Waals surface area contributed by atoms with Crippen LogP contribution in [0.4, 0.5) is 0 Å². The van der Waals surface area contributed by atoms with Crippen LogP contribution in [0.5, 0.6) is 0 Å². The van der Waals surface area contributed by atoms with Gasteiger partial charge in [0.15, 0.2) is 0 Å². The first kappa shape index (κ1) is 19.4. The molecule has 0 bridgehead atoms. The number of rotatable bonds is 10. The molecule has 2 N–H and O–H groups in total. The molecule has 0 aliphatic rings. The van der Waals surface area contributed by atoms with Crippen LogP contribution in [-0.2, 0) is 14.4 Å². The molecule has 6 nitrogen and oxygen atoms in total. The normalized spacial score (nSPS) is 12.0. The van der Waals surface area contributed by atoms with Crippen LogP contribution in [0.3, 0.4) is 0 Å². The number of nitrogens with one attached hydrogen (secondary N) is 1. The maximum atomic E-state index is 11.8. The topological polar surface area (TPSA) is 86.7 Å². The molecule has 0 fully saturated rings. The summed E-state index contributed by atoms with van der Waals surface area (Å²) < 4.78 is 0. The number of carboxylic acid groups (broad SMARTS) is 1. The van der Waals surface area contributed by atoms with Crippen LogP contribution in [0.15, 0.2) is 0 Å². The SMILES string of the molecule is CCN(CC)C(=O)CCCC(=O)N[C@H](CC(C)C)C(=O)O. The summed E-state index contributed by atoms with van der Waals surface area (Å²) in [6, 6.07) is -0.851. The predicted octanol–water partition coefficient (Wildman–Crippen LogP) is 1.64. The summed E-state index contributed by atoms with van der Waals surface area (Å²) in [7, 11) is 0. The van der Waals surface area contributed by atoms with Crippen molar-refractivity contribution in [2.75, 3.05) is 13.1 Å². The fourth-order valence-electron chi connectivity index (χ4n) is 2.09. The monoisotopic (exact) mass is 300 g/mol. The van der Waals surface area contributed by atoms with Gasteiger partial charge in [0.1, 0.15) is 6.04 Å². The zero-order chi connectivity index (χ0) is 16.4. The van der Waals surface area contributed by atoms with Crippen LogP contribution in [0.25, 0.3) is 0 Å². The van der Waals surface area contributed by atoms with Gasteiger partial charge in [0, 0.05) is 25.9 Å². The van der Waals surface area contributed by atoms with Gasteiger partial charge in [0.25, 0.3) is 0 Å². The highest BCUT2D eigenvalue weighted by molar-refractivity contribution is 5.84. The van der Waals surface area contributed by atoms with E-state index in [1.165, 1.54) is 0 Å². The first-order valence-corrected chi connectivity index (χ1v) is 7.61. The van der Waals surface area contributed by atoms with Gasteiger partial charge in [-0.25, -0.2) is 4.79 Å². The lowest BCUT2D eigenvalue weighted by Crippen LogP contribution is -2.41. The summed E-state index contributed by atoms with van der Waals surface area (Å²) in [5.74, 6) is -1.10. The molecule has 0 spiro atoms. The van der Waals surface area contributed by atoms with Crippen molar-refractivity contribution < 1.29 is 19.5 Å². The van der Waals surface area contributed by atoms with Crippen molar-refractivity contribution in [3.8, 4) is 0 Å². The van der Waals surface area contributed by atoms with Gasteiger partial charge >= 0.3 is 5.97 Å². The molecule has 0 saturated carbocycles. The number of carboxylic acids is 1. The van der Waals surface area contributed by atoms with E-state index in [9.17, 15) is 14.4 Å². The zero-order valence-electron chi connectivity index (χ0n) is 13.5. The van der Waals surface area contributed by atoms with Crippen LogP contribution in [0, 0.1) is 5.92 Å². The second-order valence-electron chi connectivity index (χ2n) is 5.51. The predicted molar refractivity (Wildman–Crippen MR) is 80.8 cm³/mol. The van der Waals surface area contributed by atoms with E-state index in [1.54, 1.807) is 4.90 Å². The summed E-state index contributed by atoms with van der Waals surface area (Å²) in [5, 5.41) is 11.6. The van der Waals surface area contributed by atoms with E-state index in [0.29, 0.717) is 32.4 Å². The molecular weight excluding hydrogens is 272 g/mol. The van der Waals surface area contributed by atoms with Gasteiger partial charge in [-0.2, -0.15) is 0 Å². The van der Waals surface area contributed by atoms with Gasteiger partial charge in [-0.3, -0.25) is 9.59 Å². The molecule has 0 aliphatic carbocycles. The Morgan fingerprint density at radius 3 is 2.10 bits per heavy atom. The van der Waals surface area contributed by atoms with Crippen LogP contribution in [-0.4, -0.2) is 46.9 Å². The van der Waals surface area contributed by atoms with Crippen LogP contribution < -0.4 is 5.32 Å². The number of nitrogens with zero attached hydrogens (tertiary/aromatic N) is 1. The van der Waals surface area contributed by atoms with Crippen molar-refractivity contribution in [1.29, 1.82) is 0 Å². The highest BCUT2D eigenvalue weighted by Crippen LogP contribution is 2.06. The molecule has 0 rings (SSSR count). The summed E-state index contributed by atoms with van der Waals surface area (Å²) in [6.07, 6.45) is 1.33. The summed E-state index contributed by atoms with van der Waals surface area (Å²) >= 11 is 0. The third-order valence-electron chi connectivity index (χ3n) is 3.25. The second kappa shape index (κ2) is 10.2. The largest absolute Gasteiger partial charge is 0.480 e. The Morgan fingerprint density at radius 2 is 1.67 bits per heavy atom. The minimum Gasteiger partial charge on any atom is -0.480 e. The Kier molecular flexibility index (Phi) is 9.41. The maximum absolute atomic E-state index is 11.8. The molecule has 0 saturated heterocycles. The van der Waals surface area contributed by atoms with E-state index < -0.39 is 12.0 Å². The van der Waals surface area contributed by atoms with E-state index >= 15 is 0 Å². The van der Waals surface area contributed by atoms with E-state index in [0.717, 1.165) is 0 Å². The van der Waals surface area contributed by atoms with Gasteiger partial charge in [-0.15, -0.1) is 0 Å². The molecule has 0 aromatic rings. The molecular formula is C15H28N2O4. The van der Waals surface area contributed by atoms with Crippen LogP contribution in [0.2, 0.25) is 0 Å². The average molecular weight is 300 g/mol. The highest BCUT2D eigenvalue weighted by Gasteiger charge is 2.21. The number of carbonyl (C=O) groups is 3. The molecule has 0 aromatic heterocycles. The zero-order valence-corrected chi connectivity index (χ0v) is 13.5. The molecule has 0 aliphatic heterocycles. The molecule has 122 valence electrons. The van der Waals surface area contributed by atoms with Crippen LogP contribution >= 0.6 is 0 Å².